The zero-order chi connectivity index (χ0) is 13.7. The van der Waals surface area contributed by atoms with E-state index < -0.39 is 0 Å². The van der Waals surface area contributed by atoms with Crippen molar-refractivity contribution in [3.63, 3.8) is 0 Å². The molecule has 1 N–H and O–H groups in total. The lowest BCUT2D eigenvalue weighted by Crippen LogP contribution is -2.12. The average Bonchev–Trinajstić information content (AvgIpc) is 2.41. The van der Waals surface area contributed by atoms with E-state index in [2.05, 4.69) is 12.2 Å². The lowest BCUT2D eigenvalue weighted by Gasteiger charge is -2.10. The number of benzene rings is 2. The van der Waals surface area contributed by atoms with Crippen LogP contribution in [0.1, 0.15) is 22.8 Å². The molecule has 0 aliphatic heterocycles. The maximum absolute atomic E-state index is 12.2. The van der Waals surface area contributed by atoms with Gasteiger partial charge in [-0.3, -0.25) is 4.79 Å². The summed E-state index contributed by atoms with van der Waals surface area (Å²) in [5.74, 6) is 0.921. The van der Waals surface area contributed by atoms with Crippen molar-refractivity contribution in [1.82, 2.24) is 0 Å². The van der Waals surface area contributed by atoms with Crippen LogP contribution in [0, 0.1) is 6.92 Å². The highest BCUT2D eigenvalue weighted by atomic mass is 32.2. The Morgan fingerprint density at radius 1 is 1.16 bits per heavy atom. The molecule has 3 heteroatoms. The standard InChI is InChI=1S/C16H17NOS/c1-3-19-15-10-5-4-9-14(15)17-16(18)13-8-6-7-12(2)11-13/h4-11H,3H2,1-2H3,(H,17,18). The van der Waals surface area contributed by atoms with Gasteiger partial charge in [-0.15, -0.1) is 11.8 Å². The monoisotopic (exact) mass is 271 g/mol. The number of amides is 1. The largest absolute Gasteiger partial charge is 0.321 e. The molecule has 0 atom stereocenters. The fourth-order valence-electron chi connectivity index (χ4n) is 1.83. The van der Waals surface area contributed by atoms with E-state index in [0.717, 1.165) is 21.9 Å². The number of nitrogens with one attached hydrogen (secondary N) is 1. The maximum Gasteiger partial charge on any atom is 0.255 e. The van der Waals surface area contributed by atoms with Gasteiger partial charge in [-0.1, -0.05) is 36.8 Å². The van der Waals surface area contributed by atoms with Gasteiger partial charge in [0.05, 0.1) is 5.69 Å². The van der Waals surface area contributed by atoms with Gasteiger partial charge < -0.3 is 5.32 Å². The van der Waals surface area contributed by atoms with E-state index in [1.807, 2.05) is 55.5 Å². The van der Waals surface area contributed by atoms with Gasteiger partial charge >= 0.3 is 0 Å². The minimum absolute atomic E-state index is 0.0622. The Bertz CT molecular complexity index is 580. The first-order chi connectivity index (χ1) is 9.20. The van der Waals surface area contributed by atoms with E-state index in [-0.39, 0.29) is 5.91 Å². The molecule has 0 fully saturated rings. The molecule has 0 saturated carbocycles. The van der Waals surface area contributed by atoms with Gasteiger partial charge in [-0.05, 0) is 36.9 Å². The van der Waals surface area contributed by atoms with Crippen LogP contribution in [0.3, 0.4) is 0 Å². The summed E-state index contributed by atoms with van der Waals surface area (Å²) in [4.78, 5) is 13.3. The van der Waals surface area contributed by atoms with Crippen molar-refractivity contribution in [2.24, 2.45) is 0 Å². The van der Waals surface area contributed by atoms with Crippen LogP contribution in [0.4, 0.5) is 5.69 Å². The Labute approximate surface area is 118 Å². The Morgan fingerprint density at radius 2 is 1.95 bits per heavy atom. The van der Waals surface area contributed by atoms with Crippen molar-refractivity contribution < 1.29 is 4.79 Å². The molecule has 0 saturated heterocycles. The lowest BCUT2D eigenvalue weighted by atomic mass is 10.1. The minimum Gasteiger partial charge on any atom is -0.321 e. The van der Waals surface area contributed by atoms with Crippen molar-refractivity contribution in [2.45, 2.75) is 18.7 Å². The number of carbonyl (C=O) groups is 1. The van der Waals surface area contributed by atoms with Crippen molar-refractivity contribution in [3.05, 3.63) is 59.7 Å². The fraction of sp³-hybridized carbons (Fsp3) is 0.188. The second kappa shape index (κ2) is 6.43. The summed E-state index contributed by atoms with van der Waals surface area (Å²) in [7, 11) is 0. The summed E-state index contributed by atoms with van der Waals surface area (Å²) in [6.45, 7) is 4.08. The fourth-order valence-corrected chi connectivity index (χ4v) is 2.59. The minimum atomic E-state index is -0.0622. The number of anilines is 1. The zero-order valence-electron chi connectivity index (χ0n) is 11.1. The topological polar surface area (TPSA) is 29.1 Å². The molecule has 0 spiro atoms. The third-order valence-electron chi connectivity index (χ3n) is 2.72. The number of thioether (sulfide) groups is 1. The van der Waals surface area contributed by atoms with Crippen LogP contribution in [0.5, 0.6) is 0 Å². The van der Waals surface area contributed by atoms with Crippen LogP contribution < -0.4 is 5.32 Å². The third-order valence-corrected chi connectivity index (χ3v) is 3.67. The number of aryl methyl sites for hydroxylation is 1. The number of rotatable bonds is 4. The van der Waals surface area contributed by atoms with Crippen LogP contribution in [0.15, 0.2) is 53.4 Å². The smallest absolute Gasteiger partial charge is 0.255 e. The average molecular weight is 271 g/mol. The zero-order valence-corrected chi connectivity index (χ0v) is 12.0. The van der Waals surface area contributed by atoms with Crippen LogP contribution in [-0.2, 0) is 0 Å². The number of hydrogen-bond acceptors (Lipinski definition) is 2. The summed E-state index contributed by atoms with van der Waals surface area (Å²) in [5.41, 5.74) is 2.65. The molecule has 2 nitrogen and oxygen atoms in total. The van der Waals surface area contributed by atoms with Gasteiger partial charge in [0.25, 0.3) is 5.91 Å². The van der Waals surface area contributed by atoms with Crippen molar-refractivity contribution in [3.8, 4) is 0 Å². The summed E-state index contributed by atoms with van der Waals surface area (Å²) in [6, 6.07) is 15.5. The molecule has 0 aliphatic rings. The molecule has 0 radical (unpaired) electrons. The predicted octanol–water partition coefficient (Wildman–Crippen LogP) is 4.36. The molecular weight excluding hydrogens is 254 g/mol. The molecule has 0 heterocycles. The Balaban J connectivity index is 2.19. The van der Waals surface area contributed by atoms with Crippen molar-refractivity contribution in [1.29, 1.82) is 0 Å². The molecule has 1 amide bonds. The Morgan fingerprint density at radius 3 is 2.68 bits per heavy atom. The van der Waals surface area contributed by atoms with Crippen LogP contribution in [-0.4, -0.2) is 11.7 Å². The molecule has 0 unspecified atom stereocenters. The van der Waals surface area contributed by atoms with Crippen molar-refractivity contribution in [2.75, 3.05) is 11.1 Å². The normalized spacial score (nSPS) is 10.2. The molecule has 0 aromatic heterocycles. The molecule has 2 aromatic rings. The Kier molecular flexibility index (Phi) is 4.63. The highest BCUT2D eigenvalue weighted by molar-refractivity contribution is 7.99. The second-order valence-corrected chi connectivity index (χ2v) is 5.56. The van der Waals surface area contributed by atoms with Crippen molar-refractivity contribution >= 4 is 23.4 Å². The summed E-state index contributed by atoms with van der Waals surface area (Å²) in [6.07, 6.45) is 0. The first kappa shape index (κ1) is 13.7. The summed E-state index contributed by atoms with van der Waals surface area (Å²) >= 11 is 1.73. The Hall–Kier alpha value is -1.74. The number of hydrogen-bond donors (Lipinski definition) is 1. The van der Waals surface area contributed by atoms with E-state index in [0.29, 0.717) is 5.56 Å². The van der Waals surface area contributed by atoms with Crippen LogP contribution in [0.2, 0.25) is 0 Å². The summed E-state index contributed by atoms with van der Waals surface area (Å²) < 4.78 is 0. The van der Waals surface area contributed by atoms with Gasteiger partial charge in [0.2, 0.25) is 0 Å². The second-order valence-electron chi connectivity index (χ2n) is 4.25. The van der Waals surface area contributed by atoms with E-state index in [1.54, 1.807) is 11.8 Å². The predicted molar refractivity (Wildman–Crippen MR) is 82.0 cm³/mol. The number of para-hydroxylation sites is 1. The van der Waals surface area contributed by atoms with E-state index in [1.165, 1.54) is 0 Å². The maximum atomic E-state index is 12.2. The van der Waals surface area contributed by atoms with Crippen LogP contribution in [0.25, 0.3) is 0 Å². The van der Waals surface area contributed by atoms with Gasteiger partial charge in [-0.25, -0.2) is 0 Å². The molecular formula is C16H17NOS. The van der Waals surface area contributed by atoms with E-state index in [9.17, 15) is 4.79 Å². The van der Waals surface area contributed by atoms with Gasteiger partial charge in [0.15, 0.2) is 0 Å². The molecule has 19 heavy (non-hydrogen) atoms. The van der Waals surface area contributed by atoms with Gasteiger partial charge in [-0.2, -0.15) is 0 Å². The van der Waals surface area contributed by atoms with Crippen LogP contribution >= 0.6 is 11.8 Å². The SMILES string of the molecule is CCSc1ccccc1NC(=O)c1cccc(C)c1. The quantitative estimate of drug-likeness (QED) is 0.837. The van der Waals surface area contributed by atoms with E-state index in [4.69, 9.17) is 0 Å². The molecule has 0 bridgehead atoms. The lowest BCUT2D eigenvalue weighted by molar-refractivity contribution is 0.102. The third kappa shape index (κ3) is 3.61. The molecule has 2 aromatic carbocycles. The molecule has 98 valence electrons. The van der Waals surface area contributed by atoms with Gasteiger partial charge in [0, 0.05) is 10.5 Å². The first-order valence-corrected chi connectivity index (χ1v) is 7.29. The first-order valence-electron chi connectivity index (χ1n) is 6.30. The summed E-state index contributed by atoms with van der Waals surface area (Å²) in [5, 5.41) is 2.98. The number of carbonyl (C=O) groups excluding carboxylic acids is 1. The van der Waals surface area contributed by atoms with E-state index >= 15 is 0 Å². The highest BCUT2D eigenvalue weighted by Crippen LogP contribution is 2.27. The van der Waals surface area contributed by atoms with Gasteiger partial charge in [0.1, 0.15) is 0 Å². The molecule has 2 rings (SSSR count). The highest BCUT2D eigenvalue weighted by Gasteiger charge is 2.08. The molecule has 0 aliphatic carbocycles.